The summed E-state index contributed by atoms with van der Waals surface area (Å²) in [6.45, 7) is 0. The third-order valence-electron chi connectivity index (χ3n) is 1.86. The van der Waals surface area contributed by atoms with Crippen molar-refractivity contribution in [1.29, 1.82) is 0 Å². The fraction of sp³-hybridized carbons (Fsp3) is 0.429. The number of halogens is 1. The van der Waals surface area contributed by atoms with Crippen LogP contribution in [0.25, 0.3) is 0 Å². The van der Waals surface area contributed by atoms with E-state index in [0.29, 0.717) is 0 Å². The molecule has 0 amide bonds. The maximum absolute atomic E-state index is 5.81. The van der Waals surface area contributed by atoms with Crippen molar-refractivity contribution in [1.82, 2.24) is 0 Å². The molecule has 0 N–H and O–H groups in total. The molecule has 0 aromatic rings. The van der Waals surface area contributed by atoms with Gasteiger partial charge in [-0.05, 0) is 30.9 Å². The first kappa shape index (κ1) is 7.50. The molecule has 2 heteroatoms. The van der Waals surface area contributed by atoms with Gasteiger partial charge in [-0.2, -0.15) is 0 Å². The molecular formula is C7H7ClRh+. The second kappa shape index (κ2) is 2.56. The predicted molar refractivity (Wildman–Crippen MR) is 34.8 cm³/mol. The molecule has 0 atom stereocenters. The Hall–Kier alpha value is 0.393. The molecule has 50 valence electrons. The Kier molecular flexibility index (Phi) is 2.13. The van der Waals surface area contributed by atoms with Gasteiger partial charge in [-0.1, -0.05) is 17.2 Å². The van der Waals surface area contributed by atoms with Gasteiger partial charge in [0.15, 0.2) is 0 Å². The van der Waals surface area contributed by atoms with Crippen LogP contribution in [0.3, 0.4) is 0 Å². The average Bonchev–Trinajstić information content (AvgIpc) is 2.23. The number of allylic oxidation sites excluding steroid dienone is 4. The zero-order valence-electron chi connectivity index (χ0n) is 4.91. The van der Waals surface area contributed by atoms with Gasteiger partial charge in [0.2, 0.25) is 0 Å². The quantitative estimate of drug-likeness (QED) is 0.560. The van der Waals surface area contributed by atoms with E-state index in [2.05, 4.69) is 6.08 Å². The van der Waals surface area contributed by atoms with Crippen molar-refractivity contribution in [2.24, 2.45) is 0 Å². The van der Waals surface area contributed by atoms with Gasteiger partial charge < -0.3 is 0 Å². The van der Waals surface area contributed by atoms with E-state index >= 15 is 0 Å². The largest absolute Gasteiger partial charge is 1.00 e. The molecule has 0 radical (unpaired) electrons. The molecule has 0 nitrogen and oxygen atoms in total. The summed E-state index contributed by atoms with van der Waals surface area (Å²) in [5.74, 6) is 0. The standard InChI is InChI=1S/C7H7Cl.Rh/c8-7-4-5-1-2-6(7)3-5;/h4H,1-3H2;/q;+1. The summed E-state index contributed by atoms with van der Waals surface area (Å²) in [5.41, 5.74) is 2.99. The van der Waals surface area contributed by atoms with E-state index < -0.39 is 0 Å². The molecule has 2 rings (SSSR count). The molecule has 0 aliphatic heterocycles. The Bertz CT molecular complexity index is 191. The van der Waals surface area contributed by atoms with Crippen molar-refractivity contribution in [2.75, 3.05) is 0 Å². The zero-order chi connectivity index (χ0) is 5.56. The minimum Gasteiger partial charge on any atom is -0.0844 e. The van der Waals surface area contributed by atoms with Gasteiger partial charge in [-0.15, -0.1) is 0 Å². The van der Waals surface area contributed by atoms with Crippen LogP contribution in [-0.2, 0) is 19.5 Å². The minimum absolute atomic E-state index is 0. The van der Waals surface area contributed by atoms with E-state index in [4.69, 9.17) is 11.6 Å². The fourth-order valence-corrected chi connectivity index (χ4v) is 1.69. The summed E-state index contributed by atoms with van der Waals surface area (Å²) in [4.78, 5) is 0. The van der Waals surface area contributed by atoms with Crippen LogP contribution in [0, 0.1) is 0 Å². The van der Waals surface area contributed by atoms with Gasteiger partial charge in [0, 0.05) is 5.03 Å². The molecule has 0 aromatic heterocycles. The fourth-order valence-electron chi connectivity index (χ4n) is 1.37. The Balaban J connectivity index is 0.000000405. The van der Waals surface area contributed by atoms with Crippen LogP contribution in [0.5, 0.6) is 0 Å². The SMILES string of the molecule is ClC1=C2CCC(=C1)C2.[Rh+]. The third kappa shape index (κ3) is 1.13. The molecule has 2 aliphatic carbocycles. The minimum atomic E-state index is 0. The van der Waals surface area contributed by atoms with Crippen molar-refractivity contribution < 1.29 is 19.5 Å². The van der Waals surface area contributed by atoms with Crippen LogP contribution in [0.15, 0.2) is 22.3 Å². The van der Waals surface area contributed by atoms with Gasteiger partial charge in [0.1, 0.15) is 0 Å². The predicted octanol–water partition coefficient (Wildman–Crippen LogP) is 2.60. The molecule has 0 aromatic carbocycles. The summed E-state index contributed by atoms with van der Waals surface area (Å²) >= 11 is 5.81. The Labute approximate surface area is 72.7 Å². The van der Waals surface area contributed by atoms with Gasteiger partial charge in [-0.3, -0.25) is 0 Å². The van der Waals surface area contributed by atoms with E-state index in [9.17, 15) is 0 Å². The van der Waals surface area contributed by atoms with Crippen molar-refractivity contribution in [3.63, 3.8) is 0 Å². The Morgan fingerprint density at radius 3 is 2.33 bits per heavy atom. The Morgan fingerprint density at radius 1 is 1.33 bits per heavy atom. The maximum atomic E-state index is 5.81. The molecule has 2 bridgehead atoms. The first-order chi connectivity index (χ1) is 3.86. The van der Waals surface area contributed by atoms with Crippen molar-refractivity contribution in [2.45, 2.75) is 19.3 Å². The van der Waals surface area contributed by atoms with E-state index in [1.165, 1.54) is 30.4 Å². The van der Waals surface area contributed by atoms with E-state index in [1.807, 2.05) is 0 Å². The second-order valence-corrected chi connectivity index (χ2v) is 2.84. The summed E-state index contributed by atoms with van der Waals surface area (Å²) in [7, 11) is 0. The normalized spacial score (nSPS) is 22.1. The second-order valence-electron chi connectivity index (χ2n) is 2.43. The van der Waals surface area contributed by atoms with E-state index in [0.717, 1.165) is 5.03 Å². The zero-order valence-corrected chi connectivity index (χ0v) is 7.30. The summed E-state index contributed by atoms with van der Waals surface area (Å²) in [6, 6.07) is 0. The molecule has 0 heterocycles. The van der Waals surface area contributed by atoms with Gasteiger partial charge in [-0.25, -0.2) is 0 Å². The third-order valence-corrected chi connectivity index (χ3v) is 2.23. The number of rotatable bonds is 0. The molecular weight excluding hydrogens is 222 g/mol. The summed E-state index contributed by atoms with van der Waals surface area (Å²) in [6.07, 6.45) is 5.79. The summed E-state index contributed by atoms with van der Waals surface area (Å²) < 4.78 is 0. The molecule has 0 unspecified atom stereocenters. The molecule has 1 fully saturated rings. The maximum Gasteiger partial charge on any atom is 1.00 e. The molecule has 0 spiro atoms. The number of hydrogen-bond acceptors (Lipinski definition) is 0. The van der Waals surface area contributed by atoms with E-state index in [-0.39, 0.29) is 19.5 Å². The van der Waals surface area contributed by atoms with Gasteiger partial charge >= 0.3 is 19.5 Å². The number of hydrogen-bond donors (Lipinski definition) is 0. The van der Waals surface area contributed by atoms with Crippen LogP contribution in [0.4, 0.5) is 0 Å². The van der Waals surface area contributed by atoms with Crippen LogP contribution >= 0.6 is 11.6 Å². The number of fused-ring (bicyclic) bond motifs is 2. The molecule has 1 saturated carbocycles. The van der Waals surface area contributed by atoms with Gasteiger partial charge in [0.05, 0.1) is 0 Å². The molecule has 2 aliphatic rings. The average molecular weight is 229 g/mol. The van der Waals surface area contributed by atoms with Crippen LogP contribution in [0.2, 0.25) is 0 Å². The topological polar surface area (TPSA) is 0 Å². The van der Waals surface area contributed by atoms with E-state index in [1.54, 1.807) is 0 Å². The monoisotopic (exact) mass is 229 g/mol. The van der Waals surface area contributed by atoms with Crippen LogP contribution < -0.4 is 0 Å². The Morgan fingerprint density at radius 2 is 2.11 bits per heavy atom. The molecule has 0 saturated heterocycles. The van der Waals surface area contributed by atoms with Crippen LogP contribution in [0.1, 0.15) is 19.3 Å². The van der Waals surface area contributed by atoms with Crippen molar-refractivity contribution in [3.05, 3.63) is 22.3 Å². The van der Waals surface area contributed by atoms with Gasteiger partial charge in [0.25, 0.3) is 0 Å². The first-order valence-electron chi connectivity index (χ1n) is 2.93. The molecule has 9 heavy (non-hydrogen) atoms. The smallest absolute Gasteiger partial charge is 0.0844 e. The van der Waals surface area contributed by atoms with Crippen LogP contribution in [-0.4, -0.2) is 0 Å². The summed E-state index contributed by atoms with van der Waals surface area (Å²) in [5, 5.41) is 1.02. The van der Waals surface area contributed by atoms with Crippen molar-refractivity contribution in [3.8, 4) is 0 Å². The van der Waals surface area contributed by atoms with Crippen molar-refractivity contribution >= 4 is 11.6 Å². The first-order valence-corrected chi connectivity index (χ1v) is 3.31.